The lowest BCUT2D eigenvalue weighted by molar-refractivity contribution is -0.146. The molecular formula is C17H21NO3. The molecule has 0 aliphatic carbocycles. The molecule has 21 heavy (non-hydrogen) atoms. The van der Waals surface area contributed by atoms with E-state index in [1.54, 1.807) is 0 Å². The monoisotopic (exact) mass is 287 g/mol. The number of benzene rings is 1. The molecule has 2 saturated heterocycles. The number of rotatable bonds is 1. The summed E-state index contributed by atoms with van der Waals surface area (Å²) in [6.07, 6.45) is 2.01. The minimum Gasteiger partial charge on any atom is -0.378 e. The van der Waals surface area contributed by atoms with Crippen molar-refractivity contribution >= 4 is 11.8 Å². The Kier molecular flexibility index (Phi) is 3.57. The number of carbonyl (C=O) groups is 2. The second-order valence-corrected chi connectivity index (χ2v) is 6.38. The Balaban J connectivity index is 2.07. The highest BCUT2D eigenvalue weighted by molar-refractivity contribution is 6.02. The van der Waals surface area contributed by atoms with E-state index in [2.05, 4.69) is 5.32 Å². The molecule has 0 radical (unpaired) electrons. The van der Waals surface area contributed by atoms with E-state index in [-0.39, 0.29) is 29.3 Å². The van der Waals surface area contributed by atoms with Crippen LogP contribution in [0.5, 0.6) is 0 Å². The highest BCUT2D eigenvalue weighted by Crippen LogP contribution is 2.50. The Morgan fingerprint density at radius 1 is 1.29 bits per heavy atom. The van der Waals surface area contributed by atoms with E-state index in [1.807, 2.05) is 38.1 Å². The normalized spacial score (nSPS) is 33.0. The van der Waals surface area contributed by atoms with Crippen LogP contribution in [0.3, 0.4) is 0 Å². The van der Waals surface area contributed by atoms with E-state index < -0.39 is 0 Å². The predicted molar refractivity (Wildman–Crippen MR) is 78.8 cm³/mol. The van der Waals surface area contributed by atoms with Gasteiger partial charge in [0.2, 0.25) is 11.8 Å². The number of carbonyl (C=O) groups excluding carboxylic acids is 2. The molecule has 0 bridgehead atoms. The number of piperidine rings is 1. The summed E-state index contributed by atoms with van der Waals surface area (Å²) in [7, 11) is 0. The molecule has 3 rings (SSSR count). The Bertz CT molecular complexity index is 583. The average molecular weight is 287 g/mol. The van der Waals surface area contributed by atoms with Gasteiger partial charge in [-0.3, -0.25) is 14.9 Å². The van der Waals surface area contributed by atoms with Gasteiger partial charge in [-0.15, -0.1) is 0 Å². The largest absolute Gasteiger partial charge is 0.378 e. The molecule has 1 N–H and O–H groups in total. The molecule has 0 saturated carbocycles. The fourth-order valence-corrected chi connectivity index (χ4v) is 3.96. The summed E-state index contributed by atoms with van der Waals surface area (Å²) in [6.45, 7) is 4.66. The molecule has 2 heterocycles. The molecule has 1 spiro atoms. The molecule has 4 nitrogen and oxygen atoms in total. The number of nitrogens with one attached hydrogen (secondary N) is 1. The Morgan fingerprint density at radius 3 is 2.76 bits per heavy atom. The molecular weight excluding hydrogens is 266 g/mol. The number of imide groups is 1. The number of aryl methyl sites for hydroxylation is 1. The maximum absolute atomic E-state index is 12.6. The zero-order valence-corrected chi connectivity index (χ0v) is 12.5. The minimum absolute atomic E-state index is 0.0870. The highest BCUT2D eigenvalue weighted by atomic mass is 16.5. The van der Waals surface area contributed by atoms with E-state index >= 15 is 0 Å². The maximum Gasteiger partial charge on any atom is 0.234 e. The summed E-state index contributed by atoms with van der Waals surface area (Å²) in [6, 6.07) is 7.97. The lowest BCUT2D eigenvalue weighted by Gasteiger charge is -2.47. The van der Waals surface area contributed by atoms with Gasteiger partial charge in [-0.1, -0.05) is 24.3 Å². The van der Waals surface area contributed by atoms with Crippen LogP contribution in [0.2, 0.25) is 0 Å². The molecule has 2 aliphatic heterocycles. The molecule has 112 valence electrons. The van der Waals surface area contributed by atoms with Crippen LogP contribution in [0.25, 0.3) is 0 Å². The van der Waals surface area contributed by atoms with Crippen molar-refractivity contribution in [3.8, 4) is 0 Å². The summed E-state index contributed by atoms with van der Waals surface area (Å²) < 4.78 is 5.65. The molecule has 2 fully saturated rings. The summed E-state index contributed by atoms with van der Waals surface area (Å²) in [5.74, 6) is -0.573. The first-order valence-corrected chi connectivity index (χ1v) is 7.53. The third-order valence-corrected chi connectivity index (χ3v) is 4.85. The molecule has 3 atom stereocenters. The first kappa shape index (κ1) is 14.3. The second-order valence-electron chi connectivity index (χ2n) is 6.38. The van der Waals surface area contributed by atoms with Crippen LogP contribution in [-0.2, 0) is 14.3 Å². The van der Waals surface area contributed by atoms with Crippen LogP contribution in [0.1, 0.15) is 43.2 Å². The minimum atomic E-state index is -0.302. The van der Waals surface area contributed by atoms with Crippen LogP contribution >= 0.6 is 0 Å². The van der Waals surface area contributed by atoms with Crippen molar-refractivity contribution in [1.82, 2.24) is 5.32 Å². The Labute approximate surface area is 124 Å². The number of hydrogen-bond acceptors (Lipinski definition) is 3. The SMILES string of the molecule is Cc1ccccc1C1C(=O)NC(=O)CC12CCOC(C)C2. The fraction of sp³-hybridized carbons (Fsp3) is 0.529. The van der Waals surface area contributed by atoms with Crippen LogP contribution in [-0.4, -0.2) is 24.5 Å². The van der Waals surface area contributed by atoms with Crippen molar-refractivity contribution in [2.75, 3.05) is 6.61 Å². The van der Waals surface area contributed by atoms with Gasteiger partial charge < -0.3 is 4.74 Å². The van der Waals surface area contributed by atoms with Crippen LogP contribution < -0.4 is 5.32 Å². The fourth-order valence-electron chi connectivity index (χ4n) is 3.96. The molecule has 1 aromatic rings. The van der Waals surface area contributed by atoms with Gasteiger partial charge in [-0.25, -0.2) is 0 Å². The van der Waals surface area contributed by atoms with E-state index in [1.165, 1.54) is 0 Å². The maximum atomic E-state index is 12.6. The molecule has 3 unspecified atom stereocenters. The standard InChI is InChI=1S/C17H21NO3/c1-11-5-3-4-6-13(11)15-16(20)18-14(19)10-17(15)7-8-21-12(2)9-17/h3-6,12,15H,7-10H2,1-2H3,(H,18,19,20). The average Bonchev–Trinajstić information content (AvgIpc) is 2.39. The van der Waals surface area contributed by atoms with Gasteiger partial charge in [0.05, 0.1) is 12.0 Å². The van der Waals surface area contributed by atoms with Gasteiger partial charge in [0.1, 0.15) is 0 Å². The van der Waals surface area contributed by atoms with Gasteiger partial charge in [0, 0.05) is 13.0 Å². The van der Waals surface area contributed by atoms with Gasteiger partial charge in [0.25, 0.3) is 0 Å². The molecule has 1 aromatic carbocycles. The van der Waals surface area contributed by atoms with E-state index in [9.17, 15) is 9.59 Å². The van der Waals surface area contributed by atoms with Gasteiger partial charge >= 0.3 is 0 Å². The summed E-state index contributed by atoms with van der Waals surface area (Å²) in [5, 5.41) is 2.52. The number of hydrogen-bond donors (Lipinski definition) is 1. The molecule has 2 aliphatic rings. The summed E-state index contributed by atoms with van der Waals surface area (Å²) in [4.78, 5) is 24.5. The van der Waals surface area contributed by atoms with E-state index in [4.69, 9.17) is 4.74 Å². The van der Waals surface area contributed by atoms with Gasteiger partial charge in [-0.05, 0) is 43.2 Å². The van der Waals surface area contributed by atoms with Crippen LogP contribution in [0.4, 0.5) is 0 Å². The zero-order chi connectivity index (χ0) is 15.0. The number of amides is 2. The quantitative estimate of drug-likeness (QED) is 0.806. The Hall–Kier alpha value is -1.68. The Morgan fingerprint density at radius 2 is 2.05 bits per heavy atom. The van der Waals surface area contributed by atoms with E-state index in [0.717, 1.165) is 24.0 Å². The van der Waals surface area contributed by atoms with Crippen molar-refractivity contribution in [3.63, 3.8) is 0 Å². The predicted octanol–water partition coefficient (Wildman–Crippen LogP) is 2.31. The van der Waals surface area contributed by atoms with Gasteiger partial charge in [-0.2, -0.15) is 0 Å². The van der Waals surface area contributed by atoms with Crippen molar-refractivity contribution in [3.05, 3.63) is 35.4 Å². The highest BCUT2D eigenvalue weighted by Gasteiger charge is 2.51. The van der Waals surface area contributed by atoms with Gasteiger partial charge in [0.15, 0.2) is 0 Å². The third kappa shape index (κ3) is 2.48. The van der Waals surface area contributed by atoms with Crippen LogP contribution in [0.15, 0.2) is 24.3 Å². The first-order valence-electron chi connectivity index (χ1n) is 7.53. The van der Waals surface area contributed by atoms with Crippen molar-refractivity contribution in [2.45, 2.75) is 45.1 Å². The summed E-state index contributed by atoms with van der Waals surface area (Å²) >= 11 is 0. The third-order valence-electron chi connectivity index (χ3n) is 4.85. The summed E-state index contributed by atoms with van der Waals surface area (Å²) in [5.41, 5.74) is 1.84. The lowest BCUT2D eigenvalue weighted by Crippen LogP contribution is -2.53. The zero-order valence-electron chi connectivity index (χ0n) is 12.5. The van der Waals surface area contributed by atoms with Crippen molar-refractivity contribution in [1.29, 1.82) is 0 Å². The van der Waals surface area contributed by atoms with Crippen LogP contribution in [0, 0.1) is 12.3 Å². The molecule has 2 amide bonds. The second kappa shape index (κ2) is 5.26. The van der Waals surface area contributed by atoms with Crippen molar-refractivity contribution < 1.29 is 14.3 Å². The molecule has 4 heteroatoms. The lowest BCUT2D eigenvalue weighted by atomic mass is 9.61. The van der Waals surface area contributed by atoms with E-state index in [0.29, 0.717) is 13.0 Å². The number of ether oxygens (including phenoxy) is 1. The smallest absolute Gasteiger partial charge is 0.234 e. The van der Waals surface area contributed by atoms with Crippen molar-refractivity contribution in [2.24, 2.45) is 5.41 Å². The molecule has 0 aromatic heterocycles. The first-order chi connectivity index (χ1) is 10.0. The topological polar surface area (TPSA) is 55.4 Å².